The highest BCUT2D eigenvalue weighted by Gasteiger charge is 2.20. The van der Waals surface area contributed by atoms with E-state index in [1.807, 2.05) is 0 Å². The Morgan fingerprint density at radius 3 is 2.50 bits per heavy atom. The molecule has 0 atom stereocenters. The molecule has 10 nitrogen and oxygen atoms in total. The van der Waals surface area contributed by atoms with E-state index in [1.165, 1.54) is 37.4 Å². The Bertz CT molecular complexity index is 1010. The minimum Gasteiger partial charge on any atom is -0.495 e. The first-order chi connectivity index (χ1) is 13.2. The third kappa shape index (κ3) is 4.88. The van der Waals surface area contributed by atoms with E-state index in [-0.39, 0.29) is 34.3 Å². The number of sulfonamides is 1. The minimum atomic E-state index is -4.09. The molecule has 2 aromatic carbocycles. The summed E-state index contributed by atoms with van der Waals surface area (Å²) in [5.41, 5.74) is 0.430. The van der Waals surface area contributed by atoms with Gasteiger partial charge in [0.25, 0.3) is 15.7 Å². The first-order valence-corrected chi connectivity index (χ1v) is 9.56. The number of anilines is 2. The molecule has 1 amide bonds. The van der Waals surface area contributed by atoms with E-state index in [0.717, 1.165) is 6.07 Å². The van der Waals surface area contributed by atoms with Crippen LogP contribution in [-0.4, -0.2) is 33.2 Å². The molecule has 0 fully saturated rings. The highest BCUT2D eigenvalue weighted by atomic mass is 32.2. The smallest absolute Gasteiger partial charge is 0.411 e. The number of nitro groups is 1. The predicted octanol–water partition coefficient (Wildman–Crippen LogP) is 3.28. The molecule has 0 aliphatic heterocycles. The van der Waals surface area contributed by atoms with E-state index >= 15 is 0 Å². The van der Waals surface area contributed by atoms with Gasteiger partial charge in [-0.05, 0) is 37.6 Å². The molecule has 2 N–H and O–H groups in total. The van der Waals surface area contributed by atoms with E-state index in [2.05, 4.69) is 10.0 Å². The van der Waals surface area contributed by atoms with Gasteiger partial charge in [-0.15, -0.1) is 0 Å². The molecule has 28 heavy (non-hydrogen) atoms. The van der Waals surface area contributed by atoms with Crippen LogP contribution in [0.5, 0.6) is 5.75 Å². The number of hydrogen-bond acceptors (Lipinski definition) is 7. The van der Waals surface area contributed by atoms with E-state index < -0.39 is 21.0 Å². The van der Waals surface area contributed by atoms with Crippen LogP contribution in [0, 0.1) is 17.0 Å². The largest absolute Gasteiger partial charge is 0.495 e. The number of hydrogen-bond donors (Lipinski definition) is 2. The lowest BCUT2D eigenvalue weighted by Gasteiger charge is -2.14. The van der Waals surface area contributed by atoms with Gasteiger partial charge in [0.05, 0.1) is 34.9 Å². The fourth-order valence-electron chi connectivity index (χ4n) is 2.27. The highest BCUT2D eigenvalue weighted by molar-refractivity contribution is 7.92. The van der Waals surface area contributed by atoms with Crippen molar-refractivity contribution in [1.29, 1.82) is 0 Å². The second-order valence-electron chi connectivity index (χ2n) is 5.57. The lowest BCUT2D eigenvalue weighted by Crippen LogP contribution is -2.16. The van der Waals surface area contributed by atoms with E-state index in [0.29, 0.717) is 5.56 Å². The number of carbonyl (C=O) groups excluding carboxylic acids is 1. The Morgan fingerprint density at radius 1 is 1.18 bits per heavy atom. The summed E-state index contributed by atoms with van der Waals surface area (Å²) < 4.78 is 37.7. The topological polar surface area (TPSA) is 137 Å². The summed E-state index contributed by atoms with van der Waals surface area (Å²) in [5, 5.41) is 13.3. The SMILES string of the molecule is CCOC(=O)Nc1cc(S(=O)(=O)Nc2cc([N+](=O)[O-])ccc2C)ccc1OC. The van der Waals surface area contributed by atoms with Crippen LogP contribution in [0.4, 0.5) is 21.9 Å². The van der Waals surface area contributed by atoms with Gasteiger partial charge in [0.15, 0.2) is 0 Å². The molecule has 0 heterocycles. The number of rotatable bonds is 7. The van der Waals surface area contributed by atoms with Gasteiger partial charge in [0, 0.05) is 12.1 Å². The van der Waals surface area contributed by atoms with Crippen molar-refractivity contribution in [3.63, 3.8) is 0 Å². The van der Waals surface area contributed by atoms with Crippen molar-refractivity contribution in [2.45, 2.75) is 18.7 Å². The normalized spacial score (nSPS) is 10.8. The molecule has 0 spiro atoms. The van der Waals surface area contributed by atoms with Crippen molar-refractivity contribution in [2.24, 2.45) is 0 Å². The molecule has 2 rings (SSSR count). The fourth-order valence-corrected chi connectivity index (χ4v) is 3.41. The quantitative estimate of drug-likeness (QED) is 0.529. The summed E-state index contributed by atoms with van der Waals surface area (Å²) in [4.78, 5) is 21.8. The van der Waals surface area contributed by atoms with Crippen LogP contribution in [0.1, 0.15) is 12.5 Å². The van der Waals surface area contributed by atoms with Gasteiger partial charge < -0.3 is 9.47 Å². The predicted molar refractivity (Wildman–Crippen MR) is 102 cm³/mol. The van der Waals surface area contributed by atoms with Crippen LogP contribution in [0.3, 0.4) is 0 Å². The maximum absolute atomic E-state index is 12.7. The van der Waals surface area contributed by atoms with Crippen LogP contribution in [0.15, 0.2) is 41.3 Å². The zero-order chi connectivity index (χ0) is 20.9. The first kappa shape index (κ1) is 21.0. The van der Waals surface area contributed by atoms with Crippen LogP contribution >= 0.6 is 0 Å². The third-order valence-electron chi connectivity index (χ3n) is 3.67. The number of benzene rings is 2. The minimum absolute atomic E-state index is 0.0740. The zero-order valence-corrected chi connectivity index (χ0v) is 16.2. The van der Waals surface area contributed by atoms with Gasteiger partial charge in [-0.1, -0.05) is 6.07 Å². The second kappa shape index (κ2) is 8.57. The van der Waals surface area contributed by atoms with Gasteiger partial charge in [0.2, 0.25) is 0 Å². The maximum atomic E-state index is 12.7. The molecule has 150 valence electrons. The van der Waals surface area contributed by atoms with Crippen molar-refractivity contribution in [1.82, 2.24) is 0 Å². The van der Waals surface area contributed by atoms with E-state index in [9.17, 15) is 23.3 Å². The lowest BCUT2D eigenvalue weighted by molar-refractivity contribution is -0.384. The van der Waals surface area contributed by atoms with Crippen LogP contribution in [0.2, 0.25) is 0 Å². The van der Waals surface area contributed by atoms with Crippen LogP contribution in [-0.2, 0) is 14.8 Å². The van der Waals surface area contributed by atoms with Crippen molar-refractivity contribution in [3.8, 4) is 5.75 Å². The molecular weight excluding hydrogens is 390 g/mol. The molecule has 0 saturated heterocycles. The van der Waals surface area contributed by atoms with Gasteiger partial charge in [-0.3, -0.25) is 20.2 Å². The summed E-state index contributed by atoms with van der Waals surface area (Å²) in [6.07, 6.45) is -0.766. The summed E-state index contributed by atoms with van der Waals surface area (Å²) in [6.45, 7) is 3.38. The van der Waals surface area contributed by atoms with Crippen molar-refractivity contribution < 1.29 is 27.6 Å². The maximum Gasteiger partial charge on any atom is 0.411 e. The molecule has 0 saturated carbocycles. The first-order valence-electron chi connectivity index (χ1n) is 8.07. The number of ether oxygens (including phenoxy) is 2. The van der Waals surface area contributed by atoms with Crippen LogP contribution < -0.4 is 14.8 Å². The van der Waals surface area contributed by atoms with Crippen molar-refractivity contribution in [2.75, 3.05) is 23.8 Å². The number of aryl methyl sites for hydroxylation is 1. The Morgan fingerprint density at radius 2 is 1.89 bits per heavy atom. The number of nitrogens with one attached hydrogen (secondary N) is 2. The summed E-state index contributed by atoms with van der Waals surface area (Å²) in [7, 11) is -2.73. The molecule has 11 heteroatoms. The molecular formula is C17H19N3O7S. The van der Waals surface area contributed by atoms with Gasteiger partial charge >= 0.3 is 6.09 Å². The third-order valence-corrected chi connectivity index (χ3v) is 5.03. The number of methoxy groups -OCH3 is 1. The molecule has 0 aliphatic rings. The Hall–Kier alpha value is -3.34. The number of carbonyl (C=O) groups is 1. The lowest BCUT2D eigenvalue weighted by atomic mass is 10.2. The fraction of sp³-hybridized carbons (Fsp3) is 0.235. The van der Waals surface area contributed by atoms with E-state index in [4.69, 9.17) is 9.47 Å². The Balaban J connectivity index is 2.39. The summed E-state index contributed by atoms with van der Waals surface area (Å²) in [6, 6.07) is 7.71. The number of nitro benzene ring substituents is 1. The van der Waals surface area contributed by atoms with E-state index in [1.54, 1.807) is 13.8 Å². The van der Waals surface area contributed by atoms with Crippen LogP contribution in [0.25, 0.3) is 0 Å². The molecule has 0 aliphatic carbocycles. The molecule has 0 unspecified atom stereocenters. The van der Waals surface area contributed by atoms with Crippen molar-refractivity contribution in [3.05, 3.63) is 52.1 Å². The standard InChI is InChI=1S/C17H19N3O7S/c1-4-27-17(21)18-15-10-13(7-8-16(15)26-3)28(24,25)19-14-9-12(20(22)23)6-5-11(14)2/h5-10,19H,4H2,1-3H3,(H,18,21). The average molecular weight is 409 g/mol. The Labute approximate surface area is 161 Å². The second-order valence-corrected chi connectivity index (χ2v) is 7.25. The number of non-ortho nitro benzene ring substituents is 1. The zero-order valence-electron chi connectivity index (χ0n) is 15.4. The average Bonchev–Trinajstić information content (AvgIpc) is 2.63. The van der Waals surface area contributed by atoms with Gasteiger partial charge in [0.1, 0.15) is 5.75 Å². The molecule has 0 bridgehead atoms. The number of nitrogens with zero attached hydrogens (tertiary/aromatic N) is 1. The monoisotopic (exact) mass is 409 g/mol. The highest BCUT2D eigenvalue weighted by Crippen LogP contribution is 2.30. The molecule has 0 radical (unpaired) electrons. The molecule has 2 aromatic rings. The van der Waals surface area contributed by atoms with Gasteiger partial charge in [-0.2, -0.15) is 0 Å². The summed E-state index contributed by atoms with van der Waals surface area (Å²) >= 11 is 0. The number of amides is 1. The molecule has 0 aromatic heterocycles. The summed E-state index contributed by atoms with van der Waals surface area (Å²) in [5.74, 6) is 0.235. The Kier molecular flexibility index (Phi) is 6.41. The van der Waals surface area contributed by atoms with Crippen molar-refractivity contribution >= 4 is 33.2 Å². The van der Waals surface area contributed by atoms with Gasteiger partial charge in [-0.25, -0.2) is 13.2 Å².